The smallest absolute Gasteiger partial charge is 0.0924 e. The van der Waals surface area contributed by atoms with E-state index in [1.807, 2.05) is 12.1 Å². The molecule has 3 rings (SSSR count). The normalized spacial score (nSPS) is 21.5. The Morgan fingerprint density at radius 2 is 2.22 bits per heavy atom. The molecule has 0 bridgehead atoms. The maximum Gasteiger partial charge on any atom is 0.0924 e. The number of rotatable bonds is 3. The zero-order valence-corrected chi connectivity index (χ0v) is 10.6. The van der Waals surface area contributed by atoms with Crippen LogP contribution in [0.4, 0.5) is 0 Å². The first-order valence-corrected chi connectivity index (χ1v) is 6.74. The van der Waals surface area contributed by atoms with Crippen LogP contribution in [0.25, 0.3) is 10.9 Å². The summed E-state index contributed by atoms with van der Waals surface area (Å²) in [5, 5.41) is 8.76. The molecule has 2 aromatic rings. The van der Waals surface area contributed by atoms with Gasteiger partial charge in [-0.25, -0.2) is 0 Å². The number of hydrogen-bond donors (Lipinski definition) is 2. The third-order valence-corrected chi connectivity index (χ3v) is 3.92. The molecule has 1 aliphatic heterocycles. The first-order valence-electron chi connectivity index (χ1n) is 6.74. The van der Waals surface area contributed by atoms with Crippen LogP contribution in [0.5, 0.6) is 0 Å². The average Bonchev–Trinajstić information content (AvgIpc) is 2.83. The molecule has 0 saturated carbocycles. The lowest BCUT2D eigenvalue weighted by molar-refractivity contribution is 0.143. The predicted molar refractivity (Wildman–Crippen MR) is 73.2 cm³/mol. The van der Waals surface area contributed by atoms with E-state index in [2.05, 4.69) is 27.2 Å². The Labute approximate surface area is 107 Å². The standard InChI is InChI=1S/C14H20N4/c15-9-11-5-3-4-8-18(11)10-14-12-6-1-2-7-13(12)16-17-14/h1-2,6-7,11H,3-5,8-10,15H2,(H,16,17). The van der Waals surface area contributed by atoms with Gasteiger partial charge in [0.05, 0.1) is 11.2 Å². The van der Waals surface area contributed by atoms with Crippen LogP contribution in [0.2, 0.25) is 0 Å². The number of H-pyrrole nitrogens is 1. The van der Waals surface area contributed by atoms with E-state index >= 15 is 0 Å². The first kappa shape index (κ1) is 11.7. The number of likely N-dealkylation sites (tertiary alicyclic amines) is 1. The summed E-state index contributed by atoms with van der Waals surface area (Å²) in [6, 6.07) is 8.80. The minimum absolute atomic E-state index is 0.529. The fourth-order valence-electron chi connectivity index (χ4n) is 2.87. The molecular weight excluding hydrogens is 224 g/mol. The lowest BCUT2D eigenvalue weighted by Gasteiger charge is -2.34. The van der Waals surface area contributed by atoms with E-state index in [4.69, 9.17) is 5.73 Å². The Kier molecular flexibility index (Phi) is 3.30. The lowest BCUT2D eigenvalue weighted by Crippen LogP contribution is -2.43. The van der Waals surface area contributed by atoms with Gasteiger partial charge >= 0.3 is 0 Å². The summed E-state index contributed by atoms with van der Waals surface area (Å²) in [4.78, 5) is 2.49. The Bertz CT molecular complexity index is 519. The second-order valence-corrected chi connectivity index (χ2v) is 5.08. The fourth-order valence-corrected chi connectivity index (χ4v) is 2.87. The zero-order chi connectivity index (χ0) is 12.4. The molecule has 0 amide bonds. The van der Waals surface area contributed by atoms with Crippen molar-refractivity contribution in [1.82, 2.24) is 15.1 Å². The number of benzene rings is 1. The van der Waals surface area contributed by atoms with Crippen molar-refractivity contribution < 1.29 is 0 Å². The molecule has 0 radical (unpaired) electrons. The van der Waals surface area contributed by atoms with Crippen LogP contribution in [-0.2, 0) is 6.54 Å². The summed E-state index contributed by atoms with van der Waals surface area (Å²) < 4.78 is 0. The summed E-state index contributed by atoms with van der Waals surface area (Å²) >= 11 is 0. The van der Waals surface area contributed by atoms with E-state index in [-0.39, 0.29) is 0 Å². The van der Waals surface area contributed by atoms with Crippen LogP contribution >= 0.6 is 0 Å². The molecule has 96 valence electrons. The van der Waals surface area contributed by atoms with E-state index < -0.39 is 0 Å². The van der Waals surface area contributed by atoms with Crippen LogP contribution < -0.4 is 5.73 Å². The maximum atomic E-state index is 5.87. The molecule has 1 atom stereocenters. The molecule has 2 heterocycles. The SMILES string of the molecule is NCC1CCCCN1Cc1[nH]nc2ccccc12. The molecule has 4 nitrogen and oxygen atoms in total. The number of aromatic amines is 1. The number of piperidine rings is 1. The van der Waals surface area contributed by atoms with Crippen molar-refractivity contribution in [3.05, 3.63) is 30.0 Å². The van der Waals surface area contributed by atoms with Crippen molar-refractivity contribution in [2.75, 3.05) is 13.1 Å². The van der Waals surface area contributed by atoms with Crippen molar-refractivity contribution >= 4 is 10.9 Å². The van der Waals surface area contributed by atoms with Crippen LogP contribution in [0.3, 0.4) is 0 Å². The molecular formula is C14H20N4. The number of nitrogens with one attached hydrogen (secondary N) is 1. The van der Waals surface area contributed by atoms with Crippen molar-refractivity contribution in [2.24, 2.45) is 5.73 Å². The highest BCUT2D eigenvalue weighted by Gasteiger charge is 2.22. The van der Waals surface area contributed by atoms with Gasteiger partial charge < -0.3 is 5.73 Å². The summed E-state index contributed by atoms with van der Waals surface area (Å²) in [5.41, 5.74) is 8.13. The van der Waals surface area contributed by atoms with Gasteiger partial charge in [0, 0.05) is 24.5 Å². The summed E-state index contributed by atoms with van der Waals surface area (Å²) in [5.74, 6) is 0. The number of hydrogen-bond acceptors (Lipinski definition) is 3. The van der Waals surface area contributed by atoms with Crippen LogP contribution in [0, 0.1) is 0 Å². The Morgan fingerprint density at radius 3 is 3.11 bits per heavy atom. The highest BCUT2D eigenvalue weighted by Crippen LogP contribution is 2.22. The fraction of sp³-hybridized carbons (Fsp3) is 0.500. The average molecular weight is 244 g/mol. The minimum Gasteiger partial charge on any atom is -0.329 e. The van der Waals surface area contributed by atoms with Crippen LogP contribution in [0.15, 0.2) is 24.3 Å². The number of nitrogens with zero attached hydrogens (tertiary/aromatic N) is 2. The molecule has 1 aromatic carbocycles. The maximum absolute atomic E-state index is 5.87. The molecule has 0 spiro atoms. The largest absolute Gasteiger partial charge is 0.329 e. The molecule has 0 aliphatic carbocycles. The summed E-state index contributed by atoms with van der Waals surface area (Å²) in [6.07, 6.45) is 3.81. The van der Waals surface area contributed by atoms with Gasteiger partial charge in [0.1, 0.15) is 0 Å². The van der Waals surface area contributed by atoms with Crippen molar-refractivity contribution in [1.29, 1.82) is 0 Å². The molecule has 1 unspecified atom stereocenters. The van der Waals surface area contributed by atoms with E-state index in [1.54, 1.807) is 0 Å². The number of para-hydroxylation sites is 1. The molecule has 3 N–H and O–H groups in total. The zero-order valence-electron chi connectivity index (χ0n) is 10.6. The molecule has 1 aromatic heterocycles. The lowest BCUT2D eigenvalue weighted by atomic mass is 10.0. The second kappa shape index (κ2) is 5.08. The Morgan fingerprint density at radius 1 is 1.33 bits per heavy atom. The number of aromatic nitrogens is 2. The third kappa shape index (κ3) is 2.13. The first-order chi connectivity index (χ1) is 8.88. The second-order valence-electron chi connectivity index (χ2n) is 5.08. The van der Waals surface area contributed by atoms with Crippen LogP contribution in [0.1, 0.15) is 25.0 Å². The van der Waals surface area contributed by atoms with Gasteiger partial charge in [-0.15, -0.1) is 0 Å². The highest BCUT2D eigenvalue weighted by molar-refractivity contribution is 5.81. The highest BCUT2D eigenvalue weighted by atomic mass is 15.2. The molecule has 1 saturated heterocycles. The van der Waals surface area contributed by atoms with Crippen molar-refractivity contribution in [3.63, 3.8) is 0 Å². The molecule has 1 aliphatic rings. The van der Waals surface area contributed by atoms with E-state index in [0.717, 1.165) is 25.2 Å². The van der Waals surface area contributed by atoms with Gasteiger partial charge in [-0.05, 0) is 25.5 Å². The summed E-state index contributed by atoms with van der Waals surface area (Å²) in [6.45, 7) is 2.84. The van der Waals surface area contributed by atoms with Gasteiger partial charge in [0.2, 0.25) is 0 Å². The van der Waals surface area contributed by atoms with E-state index in [0.29, 0.717) is 6.04 Å². The third-order valence-electron chi connectivity index (χ3n) is 3.92. The quantitative estimate of drug-likeness (QED) is 0.866. The predicted octanol–water partition coefficient (Wildman–Crippen LogP) is 1.88. The monoisotopic (exact) mass is 244 g/mol. The Hall–Kier alpha value is -1.39. The van der Waals surface area contributed by atoms with Crippen molar-refractivity contribution in [3.8, 4) is 0 Å². The van der Waals surface area contributed by atoms with Gasteiger partial charge in [0.25, 0.3) is 0 Å². The molecule has 4 heteroatoms. The molecule has 1 fully saturated rings. The van der Waals surface area contributed by atoms with Gasteiger partial charge in [-0.3, -0.25) is 10.00 Å². The summed E-state index contributed by atoms with van der Waals surface area (Å²) in [7, 11) is 0. The van der Waals surface area contributed by atoms with E-state index in [1.165, 1.54) is 30.3 Å². The van der Waals surface area contributed by atoms with Crippen LogP contribution in [-0.4, -0.2) is 34.2 Å². The number of nitrogens with two attached hydrogens (primary N) is 1. The van der Waals surface area contributed by atoms with Gasteiger partial charge in [0.15, 0.2) is 0 Å². The van der Waals surface area contributed by atoms with Crippen molar-refractivity contribution in [2.45, 2.75) is 31.8 Å². The Balaban J connectivity index is 1.82. The van der Waals surface area contributed by atoms with Gasteiger partial charge in [-0.1, -0.05) is 24.6 Å². The topological polar surface area (TPSA) is 57.9 Å². The molecule has 18 heavy (non-hydrogen) atoms. The van der Waals surface area contributed by atoms with Gasteiger partial charge in [-0.2, -0.15) is 5.10 Å². The number of fused-ring (bicyclic) bond motifs is 1. The minimum atomic E-state index is 0.529. The van der Waals surface area contributed by atoms with E-state index in [9.17, 15) is 0 Å².